The minimum Gasteiger partial charge on any atom is -0.103 e. The van der Waals surface area contributed by atoms with Crippen molar-refractivity contribution in [2.24, 2.45) is 0 Å². The van der Waals surface area contributed by atoms with Crippen LogP contribution in [0.25, 0.3) is 0 Å². The van der Waals surface area contributed by atoms with Gasteiger partial charge < -0.3 is 0 Å². The Balaban J connectivity index is 2.95. The van der Waals surface area contributed by atoms with Gasteiger partial charge in [0.05, 0.1) is 0 Å². The molecule has 0 amide bonds. The zero-order valence-electron chi connectivity index (χ0n) is 8.90. The summed E-state index contributed by atoms with van der Waals surface area (Å²) in [7, 11) is 0. The predicted octanol–water partition coefficient (Wildman–Crippen LogP) is 5.08. The second kappa shape index (κ2) is 10.3. The lowest BCUT2D eigenvalue weighted by atomic mass is 10.1. The molecular formula is C12H23Br. The molecule has 13 heavy (non-hydrogen) atoms. The molecule has 1 unspecified atom stereocenters. The van der Waals surface area contributed by atoms with E-state index in [-0.39, 0.29) is 0 Å². The molecule has 78 valence electrons. The maximum absolute atomic E-state index is 3.72. The molecular weight excluding hydrogens is 224 g/mol. The topological polar surface area (TPSA) is 0 Å². The minimum atomic E-state index is 0.751. The van der Waals surface area contributed by atoms with Gasteiger partial charge in [0.2, 0.25) is 0 Å². The van der Waals surface area contributed by atoms with E-state index in [9.17, 15) is 0 Å². The highest BCUT2D eigenvalue weighted by molar-refractivity contribution is 9.09. The molecule has 0 heterocycles. The van der Waals surface area contributed by atoms with Crippen LogP contribution in [0, 0.1) is 0 Å². The number of alkyl halides is 1. The molecule has 0 N–H and O–H groups in total. The molecule has 0 aromatic carbocycles. The molecule has 0 spiro atoms. The highest BCUT2D eigenvalue weighted by Gasteiger charge is 1.99. The van der Waals surface area contributed by atoms with Gasteiger partial charge in [0, 0.05) is 4.83 Å². The van der Waals surface area contributed by atoms with Gasteiger partial charge in [0.1, 0.15) is 0 Å². The van der Waals surface area contributed by atoms with Crippen molar-refractivity contribution in [2.45, 2.75) is 63.1 Å². The third-order valence-electron chi connectivity index (χ3n) is 2.37. The van der Waals surface area contributed by atoms with Gasteiger partial charge in [-0.3, -0.25) is 0 Å². The zero-order valence-corrected chi connectivity index (χ0v) is 10.5. The third-order valence-corrected chi connectivity index (χ3v) is 3.47. The highest BCUT2D eigenvalue weighted by atomic mass is 79.9. The largest absolute Gasteiger partial charge is 0.103 e. The smallest absolute Gasteiger partial charge is 0.0143 e. The van der Waals surface area contributed by atoms with Crippen LogP contribution >= 0.6 is 15.9 Å². The van der Waals surface area contributed by atoms with E-state index in [4.69, 9.17) is 0 Å². The Hall–Kier alpha value is 0.220. The van der Waals surface area contributed by atoms with E-state index in [2.05, 4.69) is 29.4 Å². The molecule has 0 saturated heterocycles. The van der Waals surface area contributed by atoms with Gasteiger partial charge in [-0.1, -0.05) is 54.6 Å². The van der Waals surface area contributed by atoms with E-state index in [0.717, 1.165) is 4.83 Å². The van der Waals surface area contributed by atoms with Gasteiger partial charge in [-0.05, 0) is 25.7 Å². The molecule has 0 bridgehead atoms. The summed E-state index contributed by atoms with van der Waals surface area (Å²) in [5.74, 6) is 0. The molecule has 0 nitrogen and oxygen atoms in total. The predicted molar refractivity (Wildman–Crippen MR) is 65.5 cm³/mol. The van der Waals surface area contributed by atoms with Gasteiger partial charge in [-0.25, -0.2) is 0 Å². The van der Waals surface area contributed by atoms with Crippen LogP contribution in [0.15, 0.2) is 12.7 Å². The Labute approximate surface area is 91.9 Å². The molecule has 0 fully saturated rings. The maximum atomic E-state index is 3.72. The summed E-state index contributed by atoms with van der Waals surface area (Å²) in [6, 6.07) is 0. The first-order valence-electron chi connectivity index (χ1n) is 5.56. The zero-order chi connectivity index (χ0) is 9.94. The lowest BCUT2D eigenvalue weighted by Crippen LogP contribution is -1.94. The summed E-state index contributed by atoms with van der Waals surface area (Å²) in [5.41, 5.74) is 0. The van der Waals surface area contributed by atoms with Crippen molar-refractivity contribution < 1.29 is 0 Å². The first-order valence-corrected chi connectivity index (χ1v) is 6.47. The Morgan fingerprint density at radius 1 is 1.15 bits per heavy atom. The van der Waals surface area contributed by atoms with Crippen molar-refractivity contribution in [3.8, 4) is 0 Å². The van der Waals surface area contributed by atoms with Crippen LogP contribution in [0.3, 0.4) is 0 Å². The summed E-state index contributed by atoms with van der Waals surface area (Å²) in [6.07, 6.45) is 12.7. The molecule has 1 heteroatoms. The molecule has 0 radical (unpaired) electrons. The van der Waals surface area contributed by atoms with Gasteiger partial charge >= 0.3 is 0 Å². The molecule has 0 saturated carbocycles. The second-order valence-electron chi connectivity index (χ2n) is 3.64. The summed E-state index contributed by atoms with van der Waals surface area (Å²) in [4.78, 5) is 0.751. The fourth-order valence-electron chi connectivity index (χ4n) is 1.39. The number of hydrogen-bond acceptors (Lipinski definition) is 0. The Morgan fingerprint density at radius 2 is 1.77 bits per heavy atom. The molecule has 0 aliphatic carbocycles. The van der Waals surface area contributed by atoms with Crippen LogP contribution in [0.4, 0.5) is 0 Å². The van der Waals surface area contributed by atoms with Crippen LogP contribution < -0.4 is 0 Å². The first-order chi connectivity index (χ1) is 6.31. The second-order valence-corrected chi connectivity index (χ2v) is 4.93. The van der Waals surface area contributed by atoms with Crippen LogP contribution in [-0.4, -0.2) is 4.83 Å². The summed E-state index contributed by atoms with van der Waals surface area (Å²) >= 11 is 3.66. The van der Waals surface area contributed by atoms with Crippen molar-refractivity contribution >= 4 is 15.9 Å². The van der Waals surface area contributed by atoms with E-state index in [1.54, 1.807) is 0 Å². The lowest BCUT2D eigenvalue weighted by molar-refractivity contribution is 0.586. The number of rotatable bonds is 9. The van der Waals surface area contributed by atoms with Gasteiger partial charge in [-0.2, -0.15) is 0 Å². The van der Waals surface area contributed by atoms with Crippen molar-refractivity contribution in [1.29, 1.82) is 0 Å². The van der Waals surface area contributed by atoms with E-state index >= 15 is 0 Å². The van der Waals surface area contributed by atoms with Crippen molar-refractivity contribution in [3.05, 3.63) is 12.7 Å². The van der Waals surface area contributed by atoms with Crippen LogP contribution in [0.5, 0.6) is 0 Å². The van der Waals surface area contributed by atoms with Crippen molar-refractivity contribution in [3.63, 3.8) is 0 Å². The SMILES string of the molecule is C=CCCCCCCCC(Br)CC. The number of hydrogen-bond donors (Lipinski definition) is 0. The number of halogens is 1. The molecule has 0 rings (SSSR count). The van der Waals surface area contributed by atoms with Gasteiger partial charge in [0.25, 0.3) is 0 Å². The van der Waals surface area contributed by atoms with E-state index in [0.29, 0.717) is 0 Å². The summed E-state index contributed by atoms with van der Waals surface area (Å²) < 4.78 is 0. The standard InChI is InChI=1S/C12H23Br/c1-3-5-6-7-8-9-10-11-12(13)4-2/h3,12H,1,4-11H2,2H3. The average molecular weight is 247 g/mol. The van der Waals surface area contributed by atoms with Gasteiger partial charge in [0.15, 0.2) is 0 Å². The number of allylic oxidation sites excluding steroid dienone is 1. The average Bonchev–Trinajstić information content (AvgIpc) is 2.16. The molecule has 0 aliphatic rings. The van der Waals surface area contributed by atoms with Crippen LogP contribution in [0.1, 0.15) is 58.3 Å². The Kier molecular flexibility index (Phi) is 10.5. The molecule has 0 aromatic rings. The lowest BCUT2D eigenvalue weighted by Gasteiger charge is -2.05. The maximum Gasteiger partial charge on any atom is 0.0143 e. The van der Waals surface area contributed by atoms with E-state index < -0.39 is 0 Å². The quantitative estimate of drug-likeness (QED) is 0.303. The molecule has 0 aromatic heterocycles. The first kappa shape index (κ1) is 13.2. The summed E-state index contributed by atoms with van der Waals surface area (Å²) in [6.45, 7) is 5.96. The van der Waals surface area contributed by atoms with Crippen molar-refractivity contribution in [1.82, 2.24) is 0 Å². The molecule has 0 aliphatic heterocycles. The Morgan fingerprint density at radius 3 is 2.38 bits per heavy atom. The monoisotopic (exact) mass is 246 g/mol. The minimum absolute atomic E-state index is 0.751. The van der Waals surface area contributed by atoms with Crippen LogP contribution in [0.2, 0.25) is 0 Å². The van der Waals surface area contributed by atoms with E-state index in [1.807, 2.05) is 6.08 Å². The fraction of sp³-hybridized carbons (Fsp3) is 0.833. The molecule has 1 atom stereocenters. The van der Waals surface area contributed by atoms with Crippen molar-refractivity contribution in [2.75, 3.05) is 0 Å². The van der Waals surface area contributed by atoms with E-state index in [1.165, 1.54) is 51.4 Å². The third kappa shape index (κ3) is 10.1. The number of unbranched alkanes of at least 4 members (excludes halogenated alkanes) is 5. The van der Waals surface area contributed by atoms with Crippen LogP contribution in [-0.2, 0) is 0 Å². The van der Waals surface area contributed by atoms with Gasteiger partial charge in [-0.15, -0.1) is 6.58 Å². The Bertz CT molecular complexity index is 110. The highest BCUT2D eigenvalue weighted by Crippen LogP contribution is 2.15. The summed E-state index contributed by atoms with van der Waals surface area (Å²) in [5, 5.41) is 0. The fourth-order valence-corrected chi connectivity index (χ4v) is 1.71. The normalized spacial score (nSPS) is 12.8.